The van der Waals surface area contributed by atoms with Gasteiger partial charge in [-0.3, -0.25) is 14.9 Å². The largest absolute Gasteiger partial charge is 0.454 e. The van der Waals surface area contributed by atoms with E-state index in [9.17, 15) is 14.9 Å². The summed E-state index contributed by atoms with van der Waals surface area (Å²) in [5.41, 5.74) is 0.678. The van der Waals surface area contributed by atoms with Crippen molar-refractivity contribution in [3.05, 3.63) is 72.4 Å². The molecule has 0 fully saturated rings. The lowest BCUT2D eigenvalue weighted by atomic mass is 10.1. The number of rotatable bonds is 2. The second-order valence-corrected chi connectivity index (χ2v) is 5.46. The van der Waals surface area contributed by atoms with E-state index in [0.29, 0.717) is 14.7 Å². The van der Waals surface area contributed by atoms with Crippen LogP contribution in [-0.4, -0.2) is 4.92 Å². The number of non-ortho nitro benzene ring substituents is 1. The third-order valence-corrected chi connectivity index (χ3v) is 4.05. The molecule has 0 spiro atoms. The highest BCUT2D eigenvalue weighted by Gasteiger charge is 2.16. The molecule has 0 N–H and O–H groups in total. The van der Waals surface area contributed by atoms with E-state index >= 15 is 0 Å². The van der Waals surface area contributed by atoms with E-state index in [-0.39, 0.29) is 16.7 Å². The van der Waals surface area contributed by atoms with Gasteiger partial charge in [-0.05, 0) is 28.7 Å². The van der Waals surface area contributed by atoms with Gasteiger partial charge in [-0.1, -0.05) is 30.3 Å². The molecule has 0 aliphatic rings. The smallest absolute Gasteiger partial charge is 0.273 e. The molecule has 0 atom stereocenters. The van der Waals surface area contributed by atoms with Crippen LogP contribution in [0.15, 0.2) is 57.7 Å². The molecule has 0 amide bonds. The van der Waals surface area contributed by atoms with Crippen LogP contribution in [0.5, 0.6) is 0 Å². The Morgan fingerprint density at radius 1 is 1.10 bits per heavy atom. The number of hydrogen-bond acceptors (Lipinski definition) is 4. The maximum absolute atomic E-state index is 12.4. The molecular formula is C15H8INO4. The standard InChI is InChI=1S/C15H8INO4/c16-13-14(18)11-7-6-10(17(19)20)8-12(11)21-15(13)9-4-2-1-3-5-9/h1-8H. The predicted molar refractivity (Wildman–Crippen MR) is 87.3 cm³/mol. The Hall–Kier alpha value is -2.22. The van der Waals surface area contributed by atoms with E-state index in [0.717, 1.165) is 5.56 Å². The summed E-state index contributed by atoms with van der Waals surface area (Å²) in [7, 11) is 0. The number of nitro benzene ring substituents is 1. The van der Waals surface area contributed by atoms with E-state index < -0.39 is 4.92 Å². The van der Waals surface area contributed by atoms with Crippen LogP contribution in [0.4, 0.5) is 5.69 Å². The van der Waals surface area contributed by atoms with Crippen molar-refractivity contribution in [3.63, 3.8) is 0 Å². The zero-order valence-corrected chi connectivity index (χ0v) is 12.7. The fraction of sp³-hybridized carbons (Fsp3) is 0. The Labute approximate surface area is 132 Å². The third kappa shape index (κ3) is 2.42. The van der Waals surface area contributed by atoms with Crippen molar-refractivity contribution >= 4 is 39.2 Å². The van der Waals surface area contributed by atoms with Crippen molar-refractivity contribution in [2.24, 2.45) is 0 Å². The molecular weight excluding hydrogens is 385 g/mol. The Morgan fingerprint density at radius 3 is 2.48 bits per heavy atom. The van der Waals surface area contributed by atoms with Crippen molar-refractivity contribution in [1.29, 1.82) is 0 Å². The first-order valence-electron chi connectivity index (χ1n) is 6.04. The summed E-state index contributed by atoms with van der Waals surface area (Å²) in [5, 5.41) is 11.2. The van der Waals surface area contributed by atoms with Gasteiger partial charge in [0.2, 0.25) is 5.43 Å². The van der Waals surface area contributed by atoms with Gasteiger partial charge >= 0.3 is 0 Å². The monoisotopic (exact) mass is 393 g/mol. The van der Waals surface area contributed by atoms with Crippen LogP contribution in [0.25, 0.3) is 22.3 Å². The number of nitrogens with zero attached hydrogens (tertiary/aromatic N) is 1. The van der Waals surface area contributed by atoms with Gasteiger partial charge in [-0.15, -0.1) is 0 Å². The van der Waals surface area contributed by atoms with E-state index in [4.69, 9.17) is 4.42 Å². The highest BCUT2D eigenvalue weighted by molar-refractivity contribution is 14.1. The summed E-state index contributed by atoms with van der Waals surface area (Å²) in [6.45, 7) is 0. The topological polar surface area (TPSA) is 73.3 Å². The quantitative estimate of drug-likeness (QED) is 0.375. The van der Waals surface area contributed by atoms with Gasteiger partial charge in [0.1, 0.15) is 9.15 Å². The summed E-state index contributed by atoms with van der Waals surface area (Å²) in [6, 6.07) is 13.2. The number of benzene rings is 2. The molecule has 2 aromatic carbocycles. The van der Waals surface area contributed by atoms with Gasteiger partial charge in [0.15, 0.2) is 5.76 Å². The first-order chi connectivity index (χ1) is 10.1. The Balaban J connectivity index is 2.34. The number of hydrogen-bond donors (Lipinski definition) is 0. The summed E-state index contributed by atoms with van der Waals surface area (Å²) in [5.74, 6) is 0.425. The van der Waals surface area contributed by atoms with Crippen LogP contribution in [0, 0.1) is 13.7 Å². The van der Waals surface area contributed by atoms with Crippen LogP contribution in [0.2, 0.25) is 0 Å². The Bertz CT molecular complexity index is 903. The lowest BCUT2D eigenvalue weighted by molar-refractivity contribution is -0.384. The lowest BCUT2D eigenvalue weighted by Crippen LogP contribution is -2.07. The molecule has 1 heterocycles. The van der Waals surface area contributed by atoms with Crippen molar-refractivity contribution < 1.29 is 9.34 Å². The van der Waals surface area contributed by atoms with Crippen molar-refractivity contribution in [1.82, 2.24) is 0 Å². The normalized spacial score (nSPS) is 10.7. The molecule has 0 saturated carbocycles. The average Bonchev–Trinajstić information content (AvgIpc) is 2.51. The molecule has 0 saturated heterocycles. The van der Waals surface area contributed by atoms with Gasteiger partial charge in [0, 0.05) is 11.6 Å². The molecule has 1 aromatic heterocycles. The number of halogens is 1. The summed E-state index contributed by atoms with van der Waals surface area (Å²) < 4.78 is 6.20. The van der Waals surface area contributed by atoms with Gasteiger partial charge < -0.3 is 4.42 Å². The number of fused-ring (bicyclic) bond motifs is 1. The third-order valence-electron chi connectivity index (χ3n) is 3.07. The van der Waals surface area contributed by atoms with Crippen LogP contribution >= 0.6 is 22.6 Å². The van der Waals surface area contributed by atoms with Gasteiger partial charge in [-0.25, -0.2) is 0 Å². The second-order valence-electron chi connectivity index (χ2n) is 4.38. The van der Waals surface area contributed by atoms with Crippen molar-refractivity contribution in [2.45, 2.75) is 0 Å². The van der Waals surface area contributed by atoms with Gasteiger partial charge in [-0.2, -0.15) is 0 Å². The molecule has 104 valence electrons. The first kappa shape index (κ1) is 13.7. The van der Waals surface area contributed by atoms with E-state index in [1.54, 1.807) is 0 Å². The zero-order valence-electron chi connectivity index (χ0n) is 10.6. The SMILES string of the molecule is O=c1c(I)c(-c2ccccc2)oc2cc([N+](=O)[O-])ccc12. The molecule has 5 nitrogen and oxygen atoms in total. The molecule has 3 rings (SSSR count). The van der Waals surface area contributed by atoms with E-state index in [2.05, 4.69) is 0 Å². The predicted octanol–water partition coefficient (Wildman–Crippen LogP) is 3.97. The fourth-order valence-electron chi connectivity index (χ4n) is 2.05. The maximum Gasteiger partial charge on any atom is 0.273 e. The first-order valence-corrected chi connectivity index (χ1v) is 7.12. The Kier molecular flexibility index (Phi) is 3.46. The minimum Gasteiger partial charge on any atom is -0.454 e. The Morgan fingerprint density at radius 2 is 1.81 bits per heavy atom. The minimum atomic E-state index is -0.514. The minimum absolute atomic E-state index is 0.106. The molecule has 0 radical (unpaired) electrons. The fourth-order valence-corrected chi connectivity index (χ4v) is 2.76. The lowest BCUT2D eigenvalue weighted by Gasteiger charge is -2.05. The molecule has 0 aliphatic heterocycles. The molecule has 0 unspecified atom stereocenters. The van der Waals surface area contributed by atoms with Gasteiger partial charge in [0.25, 0.3) is 5.69 Å². The highest BCUT2D eigenvalue weighted by atomic mass is 127. The average molecular weight is 393 g/mol. The van der Waals surface area contributed by atoms with Gasteiger partial charge in [0.05, 0.1) is 16.4 Å². The summed E-state index contributed by atoms with van der Waals surface area (Å²) >= 11 is 1.94. The molecule has 3 aromatic rings. The van der Waals surface area contributed by atoms with Crippen LogP contribution < -0.4 is 5.43 Å². The molecule has 6 heteroatoms. The van der Waals surface area contributed by atoms with Crippen molar-refractivity contribution in [3.8, 4) is 11.3 Å². The van der Waals surface area contributed by atoms with E-state index in [1.807, 2.05) is 52.9 Å². The summed E-state index contributed by atoms with van der Waals surface area (Å²) in [6.07, 6.45) is 0. The molecule has 21 heavy (non-hydrogen) atoms. The molecule has 0 bridgehead atoms. The van der Waals surface area contributed by atoms with Crippen LogP contribution in [0.1, 0.15) is 0 Å². The van der Waals surface area contributed by atoms with Crippen LogP contribution in [-0.2, 0) is 0 Å². The number of nitro groups is 1. The molecule has 0 aliphatic carbocycles. The van der Waals surface area contributed by atoms with Crippen molar-refractivity contribution in [2.75, 3.05) is 0 Å². The summed E-state index contributed by atoms with van der Waals surface area (Å²) in [4.78, 5) is 22.7. The zero-order chi connectivity index (χ0) is 15.0. The van der Waals surface area contributed by atoms with E-state index in [1.165, 1.54) is 18.2 Å². The highest BCUT2D eigenvalue weighted by Crippen LogP contribution is 2.28. The van der Waals surface area contributed by atoms with Crippen LogP contribution in [0.3, 0.4) is 0 Å². The maximum atomic E-state index is 12.4. The second kappa shape index (κ2) is 5.28.